The first kappa shape index (κ1) is 17.0. The van der Waals surface area contributed by atoms with Crippen LogP contribution in [0.2, 0.25) is 5.02 Å². The van der Waals surface area contributed by atoms with E-state index in [-0.39, 0.29) is 37.6 Å². The van der Waals surface area contributed by atoms with Gasteiger partial charge in [-0.05, 0) is 24.6 Å². The predicted octanol–water partition coefficient (Wildman–Crippen LogP) is 1.96. The predicted molar refractivity (Wildman–Crippen MR) is 79.3 cm³/mol. The molecule has 6 nitrogen and oxygen atoms in total. The normalized spacial score (nSPS) is 10.0. The summed E-state index contributed by atoms with van der Waals surface area (Å²) in [5, 5.41) is 14.2. The van der Waals surface area contributed by atoms with E-state index in [9.17, 15) is 14.4 Å². The second kappa shape index (κ2) is 8.26. The summed E-state index contributed by atoms with van der Waals surface area (Å²) in [4.78, 5) is 33.3. The van der Waals surface area contributed by atoms with E-state index in [1.54, 1.807) is 25.1 Å². The molecule has 0 unspecified atom stereocenters. The molecule has 1 rings (SSSR count). The average Bonchev–Trinajstić information content (AvgIpc) is 2.41. The topological polar surface area (TPSA) is 95.5 Å². The minimum absolute atomic E-state index is 0.0929. The molecule has 0 aromatic heterocycles. The van der Waals surface area contributed by atoms with Crippen LogP contribution < -0.4 is 10.6 Å². The molecule has 1 aromatic carbocycles. The van der Waals surface area contributed by atoms with Crippen LogP contribution in [0, 0.1) is 6.92 Å². The third-order valence-corrected chi connectivity index (χ3v) is 3.19. The average molecular weight is 313 g/mol. The van der Waals surface area contributed by atoms with E-state index >= 15 is 0 Å². The largest absolute Gasteiger partial charge is 0.481 e. The number of carboxylic acid groups (broad SMARTS) is 1. The zero-order valence-corrected chi connectivity index (χ0v) is 12.4. The van der Waals surface area contributed by atoms with Gasteiger partial charge < -0.3 is 15.7 Å². The Morgan fingerprint density at radius 3 is 2.52 bits per heavy atom. The summed E-state index contributed by atoms with van der Waals surface area (Å²) < 4.78 is 0. The Hall–Kier alpha value is -2.08. The Bertz CT molecular complexity index is 546. The van der Waals surface area contributed by atoms with Crippen molar-refractivity contribution in [1.29, 1.82) is 0 Å². The second-order valence-corrected chi connectivity index (χ2v) is 4.86. The van der Waals surface area contributed by atoms with Crippen molar-refractivity contribution in [3.63, 3.8) is 0 Å². The van der Waals surface area contributed by atoms with Crippen molar-refractivity contribution in [2.45, 2.75) is 26.2 Å². The molecule has 0 atom stereocenters. The second-order valence-electron chi connectivity index (χ2n) is 4.45. The number of halogens is 1. The quantitative estimate of drug-likeness (QED) is 0.717. The Balaban J connectivity index is 2.33. The number of benzene rings is 1. The molecule has 2 amide bonds. The van der Waals surface area contributed by atoms with Gasteiger partial charge in [0.25, 0.3) is 0 Å². The van der Waals surface area contributed by atoms with E-state index in [0.29, 0.717) is 10.7 Å². The molecule has 0 aliphatic carbocycles. The first-order valence-corrected chi connectivity index (χ1v) is 6.81. The van der Waals surface area contributed by atoms with E-state index in [4.69, 9.17) is 16.7 Å². The molecule has 3 N–H and O–H groups in total. The number of nitrogens with one attached hydrogen (secondary N) is 2. The molecule has 0 saturated carbocycles. The van der Waals surface area contributed by atoms with Gasteiger partial charge in [-0.3, -0.25) is 14.4 Å². The monoisotopic (exact) mass is 312 g/mol. The minimum atomic E-state index is -1.03. The third kappa shape index (κ3) is 6.27. The summed E-state index contributed by atoms with van der Waals surface area (Å²) in [6.07, 6.45) is -0.213. The third-order valence-electron chi connectivity index (χ3n) is 2.78. The lowest BCUT2D eigenvalue weighted by Crippen LogP contribution is -2.28. The number of carbonyl (C=O) groups is 3. The smallest absolute Gasteiger partial charge is 0.303 e. The van der Waals surface area contributed by atoms with Crippen LogP contribution in [0.15, 0.2) is 18.2 Å². The van der Waals surface area contributed by atoms with Crippen LogP contribution >= 0.6 is 11.6 Å². The molecule has 0 saturated heterocycles. The first-order valence-electron chi connectivity index (χ1n) is 6.43. The Morgan fingerprint density at radius 2 is 1.86 bits per heavy atom. The van der Waals surface area contributed by atoms with Crippen LogP contribution in [-0.4, -0.2) is 29.4 Å². The molecule has 1 aromatic rings. The number of carboxylic acids is 1. The van der Waals surface area contributed by atoms with E-state index in [0.717, 1.165) is 5.56 Å². The number of amides is 2. The summed E-state index contributed by atoms with van der Waals surface area (Å²) in [5.41, 5.74) is 1.41. The fourth-order valence-corrected chi connectivity index (χ4v) is 1.75. The molecule has 0 fully saturated rings. The molecule has 0 spiro atoms. The van der Waals surface area contributed by atoms with Crippen LogP contribution in [0.4, 0.5) is 5.69 Å². The molecular weight excluding hydrogens is 296 g/mol. The molecule has 0 radical (unpaired) electrons. The highest BCUT2D eigenvalue weighted by Crippen LogP contribution is 2.22. The van der Waals surface area contributed by atoms with E-state index in [1.165, 1.54) is 0 Å². The molecule has 0 heterocycles. The highest BCUT2D eigenvalue weighted by molar-refractivity contribution is 6.31. The number of aliphatic carboxylic acids is 1. The molecule has 114 valence electrons. The number of anilines is 1. The minimum Gasteiger partial charge on any atom is -0.481 e. The van der Waals surface area contributed by atoms with Crippen LogP contribution in [0.25, 0.3) is 0 Å². The van der Waals surface area contributed by atoms with Gasteiger partial charge in [-0.1, -0.05) is 17.7 Å². The van der Waals surface area contributed by atoms with Gasteiger partial charge in [0.15, 0.2) is 0 Å². The lowest BCUT2D eigenvalue weighted by Gasteiger charge is -2.09. The molecule has 21 heavy (non-hydrogen) atoms. The van der Waals surface area contributed by atoms with Crippen LogP contribution in [-0.2, 0) is 14.4 Å². The van der Waals surface area contributed by atoms with Gasteiger partial charge >= 0.3 is 5.97 Å². The highest BCUT2D eigenvalue weighted by Gasteiger charge is 2.08. The van der Waals surface area contributed by atoms with Crippen LogP contribution in [0.1, 0.15) is 24.8 Å². The van der Waals surface area contributed by atoms with Crippen molar-refractivity contribution in [2.24, 2.45) is 0 Å². The highest BCUT2D eigenvalue weighted by atomic mass is 35.5. The number of carbonyl (C=O) groups excluding carboxylic acids is 2. The van der Waals surface area contributed by atoms with Gasteiger partial charge in [0.1, 0.15) is 0 Å². The lowest BCUT2D eigenvalue weighted by molar-refractivity contribution is -0.138. The zero-order valence-electron chi connectivity index (χ0n) is 11.6. The van der Waals surface area contributed by atoms with Gasteiger partial charge in [-0.25, -0.2) is 0 Å². The van der Waals surface area contributed by atoms with Gasteiger partial charge in [0.2, 0.25) is 11.8 Å². The first-order chi connectivity index (χ1) is 9.90. The fourth-order valence-electron chi connectivity index (χ4n) is 1.58. The van der Waals surface area contributed by atoms with E-state index in [2.05, 4.69) is 10.6 Å². The van der Waals surface area contributed by atoms with E-state index < -0.39 is 5.97 Å². The number of hydrogen-bond acceptors (Lipinski definition) is 3. The van der Waals surface area contributed by atoms with E-state index in [1.807, 2.05) is 0 Å². The SMILES string of the molecule is Cc1c(Cl)cccc1NC(=O)CCNC(=O)CCC(=O)O. The van der Waals surface area contributed by atoms with Crippen molar-refractivity contribution in [2.75, 3.05) is 11.9 Å². The van der Waals surface area contributed by atoms with Crippen LogP contribution in [0.5, 0.6) is 0 Å². The maximum Gasteiger partial charge on any atom is 0.303 e. The Morgan fingerprint density at radius 1 is 1.14 bits per heavy atom. The van der Waals surface area contributed by atoms with Crippen LogP contribution in [0.3, 0.4) is 0 Å². The van der Waals surface area contributed by atoms with Gasteiger partial charge in [-0.2, -0.15) is 0 Å². The van der Waals surface area contributed by atoms with Crippen molar-refractivity contribution < 1.29 is 19.5 Å². The standard InChI is InChI=1S/C14H17ClN2O4/c1-9-10(15)3-2-4-11(9)17-13(19)7-8-16-12(18)5-6-14(20)21/h2-4H,5-8H2,1H3,(H,16,18)(H,17,19)(H,20,21). The van der Waals surface area contributed by atoms with Crippen molar-refractivity contribution in [3.05, 3.63) is 28.8 Å². The fraction of sp³-hybridized carbons (Fsp3) is 0.357. The summed E-state index contributed by atoms with van der Waals surface area (Å²) in [6.45, 7) is 1.95. The maximum absolute atomic E-state index is 11.7. The summed E-state index contributed by atoms with van der Waals surface area (Å²) >= 11 is 5.95. The Labute approximate surface area is 127 Å². The van der Waals surface area contributed by atoms with Crippen molar-refractivity contribution >= 4 is 35.1 Å². The summed E-state index contributed by atoms with van der Waals surface area (Å²) in [7, 11) is 0. The molecule has 0 aliphatic heterocycles. The number of hydrogen-bond donors (Lipinski definition) is 3. The van der Waals surface area contributed by atoms with Gasteiger partial charge in [-0.15, -0.1) is 0 Å². The van der Waals surface area contributed by atoms with Gasteiger partial charge in [0.05, 0.1) is 6.42 Å². The van der Waals surface area contributed by atoms with Crippen molar-refractivity contribution in [3.8, 4) is 0 Å². The zero-order chi connectivity index (χ0) is 15.8. The molecule has 7 heteroatoms. The summed E-state index contributed by atoms with van der Waals surface area (Å²) in [6, 6.07) is 5.21. The van der Waals surface area contributed by atoms with Crippen molar-refractivity contribution in [1.82, 2.24) is 5.32 Å². The summed E-state index contributed by atoms with van der Waals surface area (Å²) in [5.74, 6) is -1.66. The molecular formula is C14H17ClN2O4. The maximum atomic E-state index is 11.7. The molecule has 0 aliphatic rings. The number of rotatable bonds is 7. The molecule has 0 bridgehead atoms. The van der Waals surface area contributed by atoms with Gasteiger partial charge in [0, 0.05) is 30.1 Å². The lowest BCUT2D eigenvalue weighted by atomic mass is 10.2. The Kier molecular flexibility index (Phi) is 6.68.